The molecule has 0 bridgehead atoms. The van der Waals surface area contributed by atoms with Gasteiger partial charge in [0.1, 0.15) is 10.0 Å². The summed E-state index contributed by atoms with van der Waals surface area (Å²) >= 11 is 3.56. The minimum atomic E-state index is 0.855. The molecule has 0 spiro atoms. The zero-order valence-corrected chi connectivity index (χ0v) is 9.67. The zero-order valence-electron chi connectivity index (χ0n) is 8.04. The predicted molar refractivity (Wildman–Crippen MR) is 59.4 cm³/mol. The molecule has 1 aromatic rings. The summed E-state index contributed by atoms with van der Waals surface area (Å²) in [6.45, 7) is 3.93. The van der Waals surface area contributed by atoms with Gasteiger partial charge in [0, 0.05) is 13.0 Å². The van der Waals surface area contributed by atoms with Crippen LogP contribution in [0.3, 0.4) is 0 Å². The molecule has 5 heteroatoms. The first-order chi connectivity index (χ1) is 6.36. The summed E-state index contributed by atoms with van der Waals surface area (Å²) in [6.07, 6.45) is 3.16. The third-order valence-corrected chi connectivity index (χ3v) is 3.15. The average molecular weight is 217 g/mol. The number of aromatic nitrogens is 2. The summed E-state index contributed by atoms with van der Waals surface area (Å²) < 4.78 is 0. The van der Waals surface area contributed by atoms with Gasteiger partial charge in [-0.3, -0.25) is 0 Å². The van der Waals surface area contributed by atoms with Gasteiger partial charge in [0.25, 0.3) is 0 Å². The van der Waals surface area contributed by atoms with Crippen LogP contribution in [0.25, 0.3) is 0 Å². The number of thioether (sulfide) groups is 1. The summed E-state index contributed by atoms with van der Waals surface area (Å²) in [5.41, 5.74) is 0. The molecule has 1 N–H and O–H groups in total. The first-order valence-electron chi connectivity index (χ1n) is 4.37. The number of hydrogen-bond donors (Lipinski definition) is 1. The molecular formula is C8H15N3S2. The fourth-order valence-corrected chi connectivity index (χ4v) is 2.22. The third kappa shape index (κ3) is 4.06. The Morgan fingerprint density at radius 2 is 2.15 bits per heavy atom. The second-order valence-electron chi connectivity index (χ2n) is 2.61. The molecule has 0 aliphatic heterocycles. The van der Waals surface area contributed by atoms with Crippen molar-refractivity contribution >= 4 is 23.1 Å². The minimum Gasteiger partial charge on any atom is -0.311 e. The third-order valence-electron chi connectivity index (χ3n) is 1.55. The van der Waals surface area contributed by atoms with Crippen molar-refractivity contribution in [3.8, 4) is 0 Å². The topological polar surface area (TPSA) is 37.8 Å². The smallest absolute Gasteiger partial charge is 0.131 e. The number of nitrogens with zero attached hydrogens (tertiary/aromatic N) is 2. The number of nitrogens with one attached hydrogen (secondary N) is 1. The second-order valence-corrected chi connectivity index (χ2v) is 4.74. The molecule has 0 aliphatic rings. The van der Waals surface area contributed by atoms with Crippen LogP contribution in [0.5, 0.6) is 0 Å². The van der Waals surface area contributed by atoms with E-state index in [4.69, 9.17) is 0 Å². The molecule has 1 heterocycles. The van der Waals surface area contributed by atoms with Crippen LogP contribution in [-0.2, 0) is 13.0 Å². The predicted octanol–water partition coefficient (Wildman–Crippen LogP) is 1.55. The van der Waals surface area contributed by atoms with Crippen molar-refractivity contribution in [3.63, 3.8) is 0 Å². The van der Waals surface area contributed by atoms with Gasteiger partial charge in [-0.2, -0.15) is 11.8 Å². The van der Waals surface area contributed by atoms with Crippen LogP contribution in [0.4, 0.5) is 0 Å². The highest BCUT2D eigenvalue weighted by molar-refractivity contribution is 7.98. The molecule has 0 aliphatic carbocycles. The molecule has 1 aromatic heterocycles. The summed E-state index contributed by atoms with van der Waals surface area (Å²) in [5, 5.41) is 13.7. The standard InChI is InChI=1S/C8H15N3S2/c1-3-9-6-8-11-10-7(13-8)4-5-12-2/h9H,3-6H2,1-2H3. The van der Waals surface area contributed by atoms with Gasteiger partial charge in [0.2, 0.25) is 0 Å². The molecule has 1 rings (SSSR count). The van der Waals surface area contributed by atoms with E-state index in [-0.39, 0.29) is 0 Å². The molecule has 0 unspecified atom stereocenters. The van der Waals surface area contributed by atoms with Crippen LogP contribution < -0.4 is 5.32 Å². The van der Waals surface area contributed by atoms with Crippen LogP contribution in [0.15, 0.2) is 0 Å². The molecule has 13 heavy (non-hydrogen) atoms. The molecule has 0 aromatic carbocycles. The van der Waals surface area contributed by atoms with Gasteiger partial charge < -0.3 is 5.32 Å². The summed E-state index contributed by atoms with van der Waals surface area (Å²) in [4.78, 5) is 0. The van der Waals surface area contributed by atoms with E-state index in [1.807, 2.05) is 11.8 Å². The number of rotatable bonds is 6. The number of hydrogen-bond acceptors (Lipinski definition) is 5. The lowest BCUT2D eigenvalue weighted by molar-refractivity contribution is 0.714. The molecule has 0 fully saturated rings. The monoisotopic (exact) mass is 217 g/mol. The van der Waals surface area contributed by atoms with E-state index in [2.05, 4.69) is 28.7 Å². The quantitative estimate of drug-likeness (QED) is 0.784. The van der Waals surface area contributed by atoms with Crippen molar-refractivity contribution in [2.75, 3.05) is 18.6 Å². The minimum absolute atomic E-state index is 0.855. The highest BCUT2D eigenvalue weighted by atomic mass is 32.2. The Morgan fingerprint density at radius 3 is 2.85 bits per heavy atom. The molecule has 3 nitrogen and oxygen atoms in total. The Bertz CT molecular complexity index is 215. The summed E-state index contributed by atoms with van der Waals surface area (Å²) in [6, 6.07) is 0. The van der Waals surface area contributed by atoms with Crippen molar-refractivity contribution in [2.45, 2.75) is 19.9 Å². The van der Waals surface area contributed by atoms with Gasteiger partial charge in [-0.1, -0.05) is 6.92 Å². The Balaban J connectivity index is 2.34. The maximum atomic E-state index is 4.12. The van der Waals surface area contributed by atoms with Gasteiger partial charge in [0.05, 0.1) is 0 Å². The SMILES string of the molecule is CCNCc1nnc(CCSC)s1. The molecule has 0 saturated heterocycles. The second kappa shape index (κ2) is 6.34. The first-order valence-corrected chi connectivity index (χ1v) is 6.58. The van der Waals surface area contributed by atoms with E-state index in [1.54, 1.807) is 11.3 Å². The lowest BCUT2D eigenvalue weighted by Gasteiger charge is -1.93. The van der Waals surface area contributed by atoms with Gasteiger partial charge >= 0.3 is 0 Å². The maximum absolute atomic E-state index is 4.12. The van der Waals surface area contributed by atoms with Crippen molar-refractivity contribution in [3.05, 3.63) is 10.0 Å². The van der Waals surface area contributed by atoms with Gasteiger partial charge in [-0.25, -0.2) is 0 Å². The normalized spacial score (nSPS) is 10.6. The summed E-state index contributed by atoms with van der Waals surface area (Å²) in [7, 11) is 0. The van der Waals surface area contributed by atoms with E-state index in [0.717, 1.165) is 35.3 Å². The van der Waals surface area contributed by atoms with Crippen molar-refractivity contribution in [1.29, 1.82) is 0 Å². The zero-order chi connectivity index (χ0) is 9.52. The van der Waals surface area contributed by atoms with E-state index < -0.39 is 0 Å². The lowest BCUT2D eigenvalue weighted by Crippen LogP contribution is -2.11. The highest BCUT2D eigenvalue weighted by Gasteiger charge is 2.02. The Morgan fingerprint density at radius 1 is 1.38 bits per heavy atom. The summed E-state index contributed by atoms with van der Waals surface area (Å²) in [5.74, 6) is 1.13. The van der Waals surface area contributed by atoms with Gasteiger partial charge in [-0.15, -0.1) is 21.5 Å². The van der Waals surface area contributed by atoms with Crippen molar-refractivity contribution in [1.82, 2.24) is 15.5 Å². The van der Waals surface area contributed by atoms with Crippen LogP contribution in [-0.4, -0.2) is 28.8 Å². The molecular weight excluding hydrogens is 202 g/mol. The fraction of sp³-hybridized carbons (Fsp3) is 0.750. The first kappa shape index (κ1) is 10.9. The lowest BCUT2D eigenvalue weighted by atomic mass is 10.5. The largest absolute Gasteiger partial charge is 0.311 e. The van der Waals surface area contributed by atoms with Gasteiger partial charge in [-0.05, 0) is 18.6 Å². The number of aryl methyl sites for hydroxylation is 1. The van der Waals surface area contributed by atoms with E-state index in [1.165, 1.54) is 0 Å². The van der Waals surface area contributed by atoms with Gasteiger partial charge in [0.15, 0.2) is 0 Å². The van der Waals surface area contributed by atoms with Crippen molar-refractivity contribution < 1.29 is 0 Å². The van der Waals surface area contributed by atoms with Crippen LogP contribution >= 0.6 is 23.1 Å². The highest BCUT2D eigenvalue weighted by Crippen LogP contribution is 2.11. The van der Waals surface area contributed by atoms with E-state index in [0.29, 0.717) is 0 Å². The van der Waals surface area contributed by atoms with Crippen LogP contribution in [0, 0.1) is 0 Å². The molecule has 0 atom stereocenters. The Kier molecular flexibility index (Phi) is 5.34. The Labute approximate surface area is 87.3 Å². The average Bonchev–Trinajstić information content (AvgIpc) is 2.59. The van der Waals surface area contributed by atoms with Crippen LogP contribution in [0.2, 0.25) is 0 Å². The molecule has 0 saturated carbocycles. The van der Waals surface area contributed by atoms with Crippen molar-refractivity contribution in [2.24, 2.45) is 0 Å². The molecule has 0 amide bonds. The van der Waals surface area contributed by atoms with E-state index >= 15 is 0 Å². The maximum Gasteiger partial charge on any atom is 0.131 e. The Hall–Kier alpha value is -0.130. The van der Waals surface area contributed by atoms with E-state index in [9.17, 15) is 0 Å². The fourth-order valence-electron chi connectivity index (χ4n) is 0.882. The molecule has 0 radical (unpaired) electrons. The van der Waals surface area contributed by atoms with Crippen LogP contribution in [0.1, 0.15) is 16.9 Å². The molecule has 74 valence electrons.